The molecule has 0 unspecified atom stereocenters. The summed E-state index contributed by atoms with van der Waals surface area (Å²) in [6.45, 7) is 0. The van der Waals surface area contributed by atoms with Crippen molar-refractivity contribution in [2.45, 2.75) is 0 Å². The molecular weight excluding hydrogens is 152 g/mol. The number of halogens is 2. The van der Waals surface area contributed by atoms with E-state index in [1.807, 2.05) is 0 Å². The van der Waals surface area contributed by atoms with Crippen LogP contribution in [0, 0.1) is 17.0 Å². The lowest BCUT2D eigenvalue weighted by atomic mass is 10.5. The summed E-state index contributed by atoms with van der Waals surface area (Å²) in [6.07, 6.45) is 0.750. The summed E-state index contributed by atoms with van der Waals surface area (Å²) in [4.78, 5) is 8.35. The second-order valence-electron chi connectivity index (χ2n) is 1.92. The molecule has 56 valence electrons. The maximum absolute atomic E-state index is 12.1. The van der Waals surface area contributed by atoms with Crippen molar-refractivity contribution in [2.24, 2.45) is 0 Å². The molecule has 0 aromatic heterocycles. The Bertz CT molecular complexity index is 329. The topological polar surface area (TPSA) is 40.9 Å². The highest BCUT2D eigenvalue weighted by Crippen LogP contribution is 2.38. The fourth-order valence-electron chi connectivity index (χ4n) is 0.757. The first-order valence-electron chi connectivity index (χ1n) is 2.74. The van der Waals surface area contributed by atoms with Crippen molar-refractivity contribution in [3.05, 3.63) is 23.8 Å². The van der Waals surface area contributed by atoms with Crippen LogP contribution in [0.4, 0.5) is 8.78 Å². The highest BCUT2D eigenvalue weighted by Gasteiger charge is 2.22. The molecule has 0 atom stereocenters. The monoisotopic (exact) mass is 155 g/mol. The van der Waals surface area contributed by atoms with Gasteiger partial charge in [0.1, 0.15) is 0 Å². The third-order valence-electron chi connectivity index (χ3n) is 1.26. The van der Waals surface area contributed by atoms with Crippen LogP contribution in [0.3, 0.4) is 0 Å². The van der Waals surface area contributed by atoms with Gasteiger partial charge in [-0.05, 0) is 17.7 Å². The molecule has 2 aliphatic rings. The van der Waals surface area contributed by atoms with Gasteiger partial charge in [-0.15, -0.1) is 0 Å². The van der Waals surface area contributed by atoms with Crippen LogP contribution < -0.4 is 0 Å². The molecule has 0 bridgehead atoms. The van der Waals surface area contributed by atoms with Crippen LogP contribution in [0.2, 0.25) is 0 Å². The summed E-state index contributed by atoms with van der Waals surface area (Å²) in [5.74, 6) is -1.42. The Balaban J connectivity index is 0.000000179. The number of nitrogens with one attached hydrogen (secondary N) is 1. The minimum atomic E-state index is -0.725. The van der Waals surface area contributed by atoms with Gasteiger partial charge in [-0.3, -0.25) is 0 Å². The van der Waals surface area contributed by atoms with Crippen LogP contribution >= 0.6 is 0 Å². The van der Waals surface area contributed by atoms with Gasteiger partial charge in [0.05, 0.1) is 0 Å². The Morgan fingerprint density at radius 1 is 1.36 bits per heavy atom. The van der Waals surface area contributed by atoms with Crippen molar-refractivity contribution in [1.29, 1.82) is 5.41 Å². The van der Waals surface area contributed by atoms with Crippen LogP contribution in [0.15, 0.2) is 12.1 Å². The second-order valence-corrected chi connectivity index (χ2v) is 1.92. The van der Waals surface area contributed by atoms with E-state index in [1.165, 1.54) is 6.07 Å². The van der Waals surface area contributed by atoms with E-state index in [0.717, 1.165) is 6.08 Å². The van der Waals surface area contributed by atoms with Gasteiger partial charge in [0.2, 0.25) is 6.08 Å². The molecule has 11 heavy (non-hydrogen) atoms. The highest BCUT2D eigenvalue weighted by molar-refractivity contribution is 5.81. The largest absolute Gasteiger partial charge is 0.231 e. The molecule has 0 heterocycles. The van der Waals surface area contributed by atoms with E-state index in [-0.39, 0.29) is 0 Å². The summed E-state index contributed by atoms with van der Waals surface area (Å²) >= 11 is 0. The van der Waals surface area contributed by atoms with E-state index in [9.17, 15) is 8.78 Å². The van der Waals surface area contributed by atoms with E-state index in [1.54, 1.807) is 6.07 Å². The number of hydrogen-bond acceptors (Lipinski definition) is 2. The van der Waals surface area contributed by atoms with Crippen molar-refractivity contribution in [1.82, 2.24) is 0 Å². The Morgan fingerprint density at radius 2 is 1.91 bits per heavy atom. The molecule has 2 rings (SSSR count). The quantitative estimate of drug-likeness (QED) is 0.457. The molecule has 0 aliphatic heterocycles. The van der Waals surface area contributed by atoms with Gasteiger partial charge in [-0.1, -0.05) is 0 Å². The predicted molar refractivity (Wildman–Crippen MR) is 33.8 cm³/mol. The van der Waals surface area contributed by atoms with Crippen molar-refractivity contribution in [3.63, 3.8) is 0 Å². The molecule has 2 aliphatic carbocycles. The van der Waals surface area contributed by atoms with Gasteiger partial charge in [0, 0.05) is 5.56 Å². The second kappa shape index (κ2) is 2.60. The van der Waals surface area contributed by atoms with Crippen LogP contribution in [0.5, 0.6) is 0 Å². The fraction of sp³-hybridized carbons (Fsp3) is 0. The number of fused-ring (bicyclic) bond motifs is 1. The summed E-state index contributed by atoms with van der Waals surface area (Å²) in [5, 5.41) is 5.40. The average molecular weight is 155 g/mol. The number of rotatable bonds is 0. The average Bonchev–Trinajstić information content (AvgIpc) is 2.62. The standard InChI is InChI=1S/C6H2F2.CHNO/c7-5-2-3-1-4(3)6(5)8;2-1-3/h1-2H;2H. The fourth-order valence-corrected chi connectivity index (χ4v) is 0.757. The van der Waals surface area contributed by atoms with Gasteiger partial charge in [0.25, 0.3) is 0 Å². The lowest BCUT2D eigenvalue weighted by Gasteiger charge is -1.74. The van der Waals surface area contributed by atoms with Crippen molar-refractivity contribution >= 4 is 6.08 Å². The third kappa shape index (κ3) is 1.30. The number of hydrogen-bond donors (Lipinski definition) is 1. The van der Waals surface area contributed by atoms with E-state index in [0.29, 0.717) is 11.1 Å². The first kappa shape index (κ1) is 7.57. The first-order valence-corrected chi connectivity index (χ1v) is 2.74. The molecule has 1 N–H and O–H groups in total. The number of isocyanates is 1. The first-order chi connectivity index (χ1) is 5.20. The molecule has 0 aromatic carbocycles. The zero-order valence-corrected chi connectivity index (χ0v) is 5.32. The van der Waals surface area contributed by atoms with Gasteiger partial charge in [-0.25, -0.2) is 19.0 Å². The van der Waals surface area contributed by atoms with Crippen molar-refractivity contribution in [2.75, 3.05) is 0 Å². The minimum absolute atomic E-state index is 0.447. The lowest BCUT2D eigenvalue weighted by Crippen LogP contribution is -1.68. The number of benzene rings is 1. The molecule has 0 fully saturated rings. The zero-order chi connectivity index (χ0) is 8.43. The van der Waals surface area contributed by atoms with E-state index >= 15 is 0 Å². The minimum Gasteiger partial charge on any atom is -0.222 e. The Labute approximate surface area is 61.0 Å². The van der Waals surface area contributed by atoms with Crippen molar-refractivity contribution in [3.8, 4) is 11.1 Å². The molecule has 0 amide bonds. The summed E-state index contributed by atoms with van der Waals surface area (Å²) in [7, 11) is 0. The molecule has 4 heteroatoms. The molecule has 0 saturated heterocycles. The van der Waals surface area contributed by atoms with E-state index in [2.05, 4.69) is 0 Å². The highest BCUT2D eigenvalue weighted by atomic mass is 19.2. The summed E-state index contributed by atoms with van der Waals surface area (Å²) < 4.78 is 24.1. The molecule has 0 spiro atoms. The Morgan fingerprint density at radius 3 is 2.09 bits per heavy atom. The lowest BCUT2D eigenvalue weighted by molar-refractivity contribution is 0.519. The Kier molecular flexibility index (Phi) is 1.79. The smallest absolute Gasteiger partial charge is 0.222 e. The molecule has 2 nitrogen and oxygen atoms in total. The number of carbonyl (C=O) groups excluding carboxylic acids is 1. The van der Waals surface area contributed by atoms with E-state index < -0.39 is 11.6 Å². The van der Waals surface area contributed by atoms with Gasteiger partial charge in [-0.2, -0.15) is 0 Å². The van der Waals surface area contributed by atoms with Crippen LogP contribution in [0.25, 0.3) is 11.1 Å². The maximum atomic E-state index is 12.1. The van der Waals surface area contributed by atoms with E-state index in [4.69, 9.17) is 10.2 Å². The van der Waals surface area contributed by atoms with Crippen molar-refractivity contribution < 1.29 is 13.6 Å². The Hall–Kier alpha value is -1.54. The van der Waals surface area contributed by atoms with Gasteiger partial charge in [0.15, 0.2) is 11.6 Å². The molecule has 0 aromatic rings. The normalized spacial score (nSPS) is 9.27. The van der Waals surface area contributed by atoms with Gasteiger partial charge >= 0.3 is 0 Å². The maximum Gasteiger partial charge on any atom is 0.231 e. The van der Waals surface area contributed by atoms with Gasteiger partial charge < -0.3 is 0 Å². The summed E-state index contributed by atoms with van der Waals surface area (Å²) in [5.41, 5.74) is 1.16. The van der Waals surface area contributed by atoms with Crippen LogP contribution in [-0.4, -0.2) is 6.08 Å². The molecule has 0 saturated carbocycles. The summed E-state index contributed by atoms with van der Waals surface area (Å²) in [6, 6.07) is 2.81. The molecular formula is C7H3F2NO. The van der Waals surface area contributed by atoms with Crippen LogP contribution in [-0.2, 0) is 4.79 Å². The SMILES string of the molecule is Fc1cc2cc-2c1F.N=C=O. The zero-order valence-electron chi connectivity index (χ0n) is 5.32. The predicted octanol–water partition coefficient (Wildman–Crippen LogP) is 1.85. The molecule has 0 radical (unpaired) electrons. The third-order valence-corrected chi connectivity index (χ3v) is 1.26. The van der Waals surface area contributed by atoms with Crippen LogP contribution in [0.1, 0.15) is 0 Å².